The van der Waals surface area contributed by atoms with E-state index in [2.05, 4.69) is 9.71 Å². The molecule has 0 saturated heterocycles. The number of rotatable bonds is 7. The molecule has 0 aliphatic heterocycles. The number of anilines is 1. The van der Waals surface area contributed by atoms with E-state index in [4.69, 9.17) is 9.47 Å². The fourth-order valence-corrected chi connectivity index (χ4v) is 2.85. The largest absolute Gasteiger partial charge is 0.491 e. The van der Waals surface area contributed by atoms with Gasteiger partial charge < -0.3 is 9.47 Å². The van der Waals surface area contributed by atoms with Crippen LogP contribution in [0.25, 0.3) is 0 Å². The summed E-state index contributed by atoms with van der Waals surface area (Å²) in [5, 5.41) is 0. The number of benzene rings is 1. The molecule has 2 aromatic rings. The molecule has 0 bridgehead atoms. The zero-order valence-electron chi connectivity index (χ0n) is 13.3. The van der Waals surface area contributed by atoms with Crippen LogP contribution in [0.4, 0.5) is 5.69 Å². The lowest BCUT2D eigenvalue weighted by atomic mass is 10.3. The zero-order valence-corrected chi connectivity index (χ0v) is 14.1. The molecule has 0 radical (unpaired) electrons. The Bertz CT molecular complexity index is 726. The molecule has 1 aromatic carbocycles. The maximum Gasteiger partial charge on any atom is 0.263 e. The first kappa shape index (κ1) is 17.1. The number of aromatic nitrogens is 1. The maximum absolute atomic E-state index is 12.3. The maximum atomic E-state index is 12.3. The van der Waals surface area contributed by atoms with Crippen LogP contribution in [0.5, 0.6) is 11.6 Å². The fraction of sp³-hybridized carbons (Fsp3) is 0.312. The lowest BCUT2D eigenvalue weighted by molar-refractivity contribution is 0.242. The van der Waals surface area contributed by atoms with E-state index < -0.39 is 10.0 Å². The Morgan fingerprint density at radius 3 is 2.35 bits per heavy atom. The van der Waals surface area contributed by atoms with Gasteiger partial charge in [-0.15, -0.1) is 0 Å². The minimum Gasteiger partial charge on any atom is -0.491 e. The summed E-state index contributed by atoms with van der Waals surface area (Å²) in [6.07, 6.45) is 1.33. The Kier molecular flexibility index (Phi) is 5.44. The summed E-state index contributed by atoms with van der Waals surface area (Å²) in [6.45, 7) is 6.16. The van der Waals surface area contributed by atoms with E-state index in [1.54, 1.807) is 24.3 Å². The van der Waals surface area contributed by atoms with Gasteiger partial charge in [-0.25, -0.2) is 13.4 Å². The Morgan fingerprint density at radius 2 is 1.83 bits per heavy atom. The van der Waals surface area contributed by atoms with Crippen LogP contribution in [0.3, 0.4) is 0 Å². The van der Waals surface area contributed by atoms with E-state index in [-0.39, 0.29) is 11.0 Å². The van der Waals surface area contributed by atoms with Crippen molar-refractivity contribution in [1.82, 2.24) is 4.98 Å². The highest BCUT2D eigenvalue weighted by atomic mass is 32.2. The molecule has 1 N–H and O–H groups in total. The van der Waals surface area contributed by atoms with Gasteiger partial charge in [0.25, 0.3) is 10.0 Å². The number of ether oxygens (including phenoxy) is 2. The standard InChI is InChI=1S/C16H20N2O4S/c1-4-21-16-10-9-15(11-17-16)23(19,20)18-13-5-7-14(8-6-13)22-12(2)3/h5-12,18H,4H2,1-3H3. The van der Waals surface area contributed by atoms with E-state index >= 15 is 0 Å². The number of pyridine rings is 1. The number of nitrogens with zero attached hydrogens (tertiary/aromatic N) is 1. The highest BCUT2D eigenvalue weighted by Crippen LogP contribution is 2.20. The SMILES string of the molecule is CCOc1ccc(S(=O)(=O)Nc2ccc(OC(C)C)cc2)cn1. The first-order valence-electron chi connectivity index (χ1n) is 7.29. The molecule has 2 rings (SSSR count). The summed E-state index contributed by atoms with van der Waals surface area (Å²) in [7, 11) is -3.69. The van der Waals surface area contributed by atoms with Crippen LogP contribution in [0.1, 0.15) is 20.8 Å². The highest BCUT2D eigenvalue weighted by molar-refractivity contribution is 7.92. The molecule has 6 nitrogen and oxygen atoms in total. The smallest absolute Gasteiger partial charge is 0.263 e. The quantitative estimate of drug-likeness (QED) is 0.841. The molecule has 23 heavy (non-hydrogen) atoms. The van der Waals surface area contributed by atoms with Crippen molar-refractivity contribution in [3.8, 4) is 11.6 Å². The molecule has 0 unspecified atom stereocenters. The van der Waals surface area contributed by atoms with Crippen LogP contribution < -0.4 is 14.2 Å². The third-order valence-electron chi connectivity index (χ3n) is 2.79. The van der Waals surface area contributed by atoms with Crippen LogP contribution >= 0.6 is 0 Å². The van der Waals surface area contributed by atoms with E-state index in [1.807, 2.05) is 20.8 Å². The van der Waals surface area contributed by atoms with Gasteiger partial charge >= 0.3 is 0 Å². The van der Waals surface area contributed by atoms with Crippen molar-refractivity contribution in [2.45, 2.75) is 31.8 Å². The minimum atomic E-state index is -3.69. The number of nitrogens with one attached hydrogen (secondary N) is 1. The van der Waals surface area contributed by atoms with Crippen LogP contribution in [0.2, 0.25) is 0 Å². The molecule has 0 atom stereocenters. The van der Waals surface area contributed by atoms with Gasteiger partial charge in [0.2, 0.25) is 5.88 Å². The summed E-state index contributed by atoms with van der Waals surface area (Å²) < 4.78 is 37.8. The van der Waals surface area contributed by atoms with Gasteiger partial charge in [-0.3, -0.25) is 4.72 Å². The van der Waals surface area contributed by atoms with Crippen molar-refractivity contribution in [2.24, 2.45) is 0 Å². The monoisotopic (exact) mass is 336 g/mol. The second kappa shape index (κ2) is 7.32. The van der Waals surface area contributed by atoms with Crippen LogP contribution in [0.15, 0.2) is 47.5 Å². The predicted molar refractivity (Wildman–Crippen MR) is 88.4 cm³/mol. The fourth-order valence-electron chi connectivity index (χ4n) is 1.85. The first-order chi connectivity index (χ1) is 10.9. The van der Waals surface area contributed by atoms with Crippen LogP contribution in [-0.2, 0) is 10.0 Å². The number of sulfonamides is 1. The average molecular weight is 336 g/mol. The Morgan fingerprint density at radius 1 is 1.13 bits per heavy atom. The molecule has 0 aliphatic carbocycles. The summed E-state index contributed by atoms with van der Waals surface area (Å²) in [4.78, 5) is 4.03. The Labute approximate surface area is 136 Å². The van der Waals surface area contributed by atoms with Gasteiger partial charge in [-0.2, -0.15) is 0 Å². The van der Waals surface area contributed by atoms with Crippen LogP contribution in [-0.4, -0.2) is 26.1 Å². The summed E-state index contributed by atoms with van der Waals surface area (Å²) in [6, 6.07) is 9.71. The molecule has 0 fully saturated rings. The lowest BCUT2D eigenvalue weighted by Gasteiger charge is -2.11. The summed E-state index contributed by atoms with van der Waals surface area (Å²) in [5.74, 6) is 1.08. The van der Waals surface area contributed by atoms with Crippen molar-refractivity contribution in [2.75, 3.05) is 11.3 Å². The molecule has 0 saturated carbocycles. The zero-order chi connectivity index (χ0) is 16.9. The van der Waals surface area contributed by atoms with Crippen molar-refractivity contribution >= 4 is 15.7 Å². The number of hydrogen-bond acceptors (Lipinski definition) is 5. The molecule has 7 heteroatoms. The van der Waals surface area contributed by atoms with E-state index in [1.165, 1.54) is 18.3 Å². The van der Waals surface area contributed by atoms with Gasteiger partial charge in [0.15, 0.2) is 0 Å². The summed E-state index contributed by atoms with van der Waals surface area (Å²) >= 11 is 0. The summed E-state index contributed by atoms with van der Waals surface area (Å²) in [5.41, 5.74) is 0.454. The molecule has 1 heterocycles. The molecular weight excluding hydrogens is 316 g/mol. The van der Waals surface area contributed by atoms with Crippen LogP contribution in [0, 0.1) is 0 Å². The van der Waals surface area contributed by atoms with Gasteiger partial charge in [-0.05, 0) is 51.1 Å². The lowest BCUT2D eigenvalue weighted by Crippen LogP contribution is -2.13. The molecule has 1 aromatic heterocycles. The topological polar surface area (TPSA) is 77.5 Å². The van der Waals surface area contributed by atoms with Crippen molar-refractivity contribution in [3.05, 3.63) is 42.6 Å². The van der Waals surface area contributed by atoms with Gasteiger partial charge in [0.05, 0.1) is 18.9 Å². The second-order valence-corrected chi connectivity index (χ2v) is 6.74. The van der Waals surface area contributed by atoms with E-state index in [9.17, 15) is 8.42 Å². The molecule has 0 amide bonds. The number of hydrogen-bond donors (Lipinski definition) is 1. The van der Waals surface area contributed by atoms with Gasteiger partial charge in [0, 0.05) is 11.8 Å². The molecular formula is C16H20N2O4S. The van der Waals surface area contributed by atoms with Gasteiger partial charge in [-0.1, -0.05) is 0 Å². The molecule has 124 valence electrons. The highest BCUT2D eigenvalue weighted by Gasteiger charge is 2.15. The van der Waals surface area contributed by atoms with Crippen molar-refractivity contribution in [3.63, 3.8) is 0 Å². The molecule has 0 spiro atoms. The second-order valence-electron chi connectivity index (χ2n) is 5.06. The normalized spacial score (nSPS) is 11.3. The third-order valence-corrected chi connectivity index (χ3v) is 4.16. The minimum absolute atomic E-state index is 0.0625. The molecule has 0 aliphatic rings. The third kappa shape index (κ3) is 4.85. The van der Waals surface area contributed by atoms with Crippen molar-refractivity contribution < 1.29 is 17.9 Å². The van der Waals surface area contributed by atoms with Gasteiger partial charge in [0.1, 0.15) is 10.6 Å². The average Bonchev–Trinajstić information content (AvgIpc) is 2.49. The predicted octanol–water partition coefficient (Wildman–Crippen LogP) is 3.07. The van der Waals surface area contributed by atoms with E-state index in [0.717, 1.165) is 0 Å². The Balaban J connectivity index is 2.11. The first-order valence-corrected chi connectivity index (χ1v) is 8.77. The van der Waals surface area contributed by atoms with Crippen molar-refractivity contribution in [1.29, 1.82) is 0 Å². The van der Waals surface area contributed by atoms with E-state index in [0.29, 0.717) is 23.9 Å². The Hall–Kier alpha value is -2.28.